The standard InChI is InChI=1S/C22H22ClFN8O3/c1-13(2)35-18-8-7-16(11-17(18)24)25-20-26-21(33)31(10-9-19-27-29-30-28-19)22(34)32(20)12-14-3-5-15(23)6-4-14/h3-8,11,13H,9-10,12H2,1-2H3,(H,25,26,33)(H,27,28,29,30). The van der Waals surface area contributed by atoms with Crippen LogP contribution >= 0.6 is 11.6 Å². The molecule has 0 bridgehead atoms. The van der Waals surface area contributed by atoms with Gasteiger partial charge in [0.1, 0.15) is 0 Å². The van der Waals surface area contributed by atoms with Crippen molar-refractivity contribution in [3.63, 3.8) is 0 Å². The Bertz CT molecular complexity index is 1420. The van der Waals surface area contributed by atoms with Crippen LogP contribution in [0, 0.1) is 5.82 Å². The summed E-state index contributed by atoms with van der Waals surface area (Å²) in [5, 5.41) is 16.9. The number of hydrogen-bond acceptors (Lipinski definition) is 8. The highest BCUT2D eigenvalue weighted by atomic mass is 35.5. The van der Waals surface area contributed by atoms with Crippen LogP contribution in [0.5, 0.6) is 5.75 Å². The summed E-state index contributed by atoms with van der Waals surface area (Å²) in [6.45, 7) is 3.67. The summed E-state index contributed by atoms with van der Waals surface area (Å²) in [6.07, 6.45) is -0.00148. The smallest absolute Gasteiger partial charge is 0.354 e. The number of halogens is 2. The molecule has 0 amide bonds. The molecule has 2 N–H and O–H groups in total. The van der Waals surface area contributed by atoms with E-state index in [9.17, 15) is 14.0 Å². The minimum atomic E-state index is -0.770. The maximum Gasteiger partial charge on any atom is 0.354 e. The Morgan fingerprint density at radius 3 is 2.57 bits per heavy atom. The molecule has 2 aromatic carbocycles. The second-order valence-corrected chi connectivity index (χ2v) is 8.32. The lowest BCUT2D eigenvalue weighted by Crippen LogP contribution is -2.43. The predicted octanol–water partition coefficient (Wildman–Crippen LogP) is 2.53. The maximum absolute atomic E-state index is 14.5. The van der Waals surface area contributed by atoms with Crippen molar-refractivity contribution in [2.24, 2.45) is 0 Å². The van der Waals surface area contributed by atoms with Gasteiger partial charge in [-0.3, -0.25) is 4.57 Å². The highest BCUT2D eigenvalue weighted by molar-refractivity contribution is 6.30. The number of aromatic amines is 1. The molecule has 2 aromatic heterocycles. The number of H-pyrrole nitrogens is 1. The molecule has 4 rings (SSSR count). The average Bonchev–Trinajstić information content (AvgIpc) is 3.33. The van der Waals surface area contributed by atoms with E-state index in [0.29, 0.717) is 16.5 Å². The van der Waals surface area contributed by atoms with Crippen molar-refractivity contribution in [3.8, 4) is 5.75 Å². The molecule has 0 fully saturated rings. The highest BCUT2D eigenvalue weighted by Crippen LogP contribution is 2.24. The lowest BCUT2D eigenvalue weighted by Gasteiger charge is -2.16. The molecule has 2 heterocycles. The number of ether oxygens (including phenoxy) is 1. The summed E-state index contributed by atoms with van der Waals surface area (Å²) in [6, 6.07) is 11.1. The topological polar surface area (TPSA) is 133 Å². The molecular formula is C22H22ClFN8O3. The number of aryl methyl sites for hydroxylation is 1. The number of hydrogen-bond donors (Lipinski definition) is 2. The molecule has 182 valence electrons. The van der Waals surface area contributed by atoms with Crippen molar-refractivity contribution in [1.29, 1.82) is 0 Å². The highest BCUT2D eigenvalue weighted by Gasteiger charge is 2.16. The van der Waals surface area contributed by atoms with Crippen LogP contribution in [0.2, 0.25) is 5.02 Å². The molecule has 0 saturated carbocycles. The van der Waals surface area contributed by atoms with Crippen LogP contribution < -0.4 is 21.4 Å². The molecule has 0 aliphatic heterocycles. The Morgan fingerprint density at radius 1 is 1.14 bits per heavy atom. The summed E-state index contributed by atoms with van der Waals surface area (Å²) in [5.74, 6) is -0.192. The van der Waals surface area contributed by atoms with Crippen molar-refractivity contribution in [3.05, 3.63) is 85.7 Å². The third-order valence-electron chi connectivity index (χ3n) is 4.90. The van der Waals surface area contributed by atoms with E-state index in [1.807, 2.05) is 0 Å². The number of anilines is 2. The molecule has 0 aliphatic rings. The van der Waals surface area contributed by atoms with E-state index in [-0.39, 0.29) is 37.3 Å². The van der Waals surface area contributed by atoms with Gasteiger partial charge in [-0.25, -0.2) is 18.5 Å². The summed E-state index contributed by atoms with van der Waals surface area (Å²) < 4.78 is 22.2. The van der Waals surface area contributed by atoms with Crippen LogP contribution in [-0.4, -0.2) is 40.8 Å². The molecule has 0 unspecified atom stereocenters. The zero-order valence-electron chi connectivity index (χ0n) is 18.9. The summed E-state index contributed by atoms with van der Waals surface area (Å²) in [4.78, 5) is 30.1. The van der Waals surface area contributed by atoms with Crippen LogP contribution in [0.4, 0.5) is 16.0 Å². The number of tetrazole rings is 1. The summed E-state index contributed by atoms with van der Waals surface area (Å²) >= 11 is 5.98. The number of nitrogens with one attached hydrogen (secondary N) is 2. The largest absolute Gasteiger partial charge is 0.488 e. The van der Waals surface area contributed by atoms with Crippen LogP contribution in [0.3, 0.4) is 0 Å². The fourth-order valence-corrected chi connectivity index (χ4v) is 3.41. The van der Waals surface area contributed by atoms with Crippen molar-refractivity contribution in [2.45, 2.75) is 39.5 Å². The Hall–Kier alpha value is -4.06. The quantitative estimate of drug-likeness (QED) is 0.358. The third-order valence-corrected chi connectivity index (χ3v) is 5.15. The van der Waals surface area contributed by atoms with E-state index in [4.69, 9.17) is 16.3 Å². The molecule has 0 saturated heterocycles. The van der Waals surface area contributed by atoms with Crippen molar-refractivity contribution in [1.82, 2.24) is 34.7 Å². The van der Waals surface area contributed by atoms with Gasteiger partial charge in [-0.05, 0) is 43.7 Å². The van der Waals surface area contributed by atoms with E-state index in [1.54, 1.807) is 44.2 Å². The number of benzene rings is 2. The molecule has 0 aliphatic carbocycles. The minimum Gasteiger partial charge on any atom is -0.488 e. The maximum atomic E-state index is 14.5. The molecule has 0 radical (unpaired) electrons. The van der Waals surface area contributed by atoms with Crippen LogP contribution in [-0.2, 0) is 19.5 Å². The molecule has 35 heavy (non-hydrogen) atoms. The van der Waals surface area contributed by atoms with Crippen LogP contribution in [0.15, 0.2) is 52.1 Å². The lowest BCUT2D eigenvalue weighted by molar-refractivity contribution is 0.231. The van der Waals surface area contributed by atoms with Gasteiger partial charge >= 0.3 is 11.4 Å². The Labute approximate surface area is 203 Å². The fourth-order valence-electron chi connectivity index (χ4n) is 3.29. The summed E-state index contributed by atoms with van der Waals surface area (Å²) in [7, 11) is 0. The van der Waals surface area contributed by atoms with Gasteiger partial charge in [0, 0.05) is 29.7 Å². The van der Waals surface area contributed by atoms with Gasteiger partial charge in [-0.1, -0.05) is 28.9 Å². The number of rotatable bonds is 9. The Balaban J connectivity index is 1.70. The van der Waals surface area contributed by atoms with E-state index in [2.05, 4.69) is 30.9 Å². The summed E-state index contributed by atoms with van der Waals surface area (Å²) in [5.41, 5.74) is -0.337. The average molecular weight is 501 g/mol. The van der Waals surface area contributed by atoms with E-state index in [0.717, 1.165) is 10.1 Å². The SMILES string of the molecule is CC(C)Oc1ccc(Nc2nc(=O)n(CCc3nn[nH]n3)c(=O)n2Cc2ccc(Cl)cc2)cc1F. The Kier molecular flexibility index (Phi) is 7.20. The van der Waals surface area contributed by atoms with Gasteiger partial charge < -0.3 is 10.1 Å². The molecule has 0 spiro atoms. The predicted molar refractivity (Wildman–Crippen MR) is 127 cm³/mol. The van der Waals surface area contributed by atoms with Crippen molar-refractivity contribution >= 4 is 23.2 Å². The zero-order chi connectivity index (χ0) is 24.9. The van der Waals surface area contributed by atoms with Gasteiger partial charge in [-0.15, -0.1) is 10.2 Å². The monoisotopic (exact) mass is 500 g/mol. The molecular weight excluding hydrogens is 479 g/mol. The lowest BCUT2D eigenvalue weighted by atomic mass is 10.2. The van der Waals surface area contributed by atoms with Gasteiger partial charge in [-0.2, -0.15) is 10.2 Å². The van der Waals surface area contributed by atoms with E-state index >= 15 is 0 Å². The van der Waals surface area contributed by atoms with Gasteiger partial charge in [0.15, 0.2) is 17.4 Å². The first-order valence-electron chi connectivity index (χ1n) is 10.7. The van der Waals surface area contributed by atoms with Gasteiger partial charge in [0.2, 0.25) is 5.95 Å². The second kappa shape index (κ2) is 10.5. The fraction of sp³-hybridized carbons (Fsp3) is 0.273. The third kappa shape index (κ3) is 5.90. The van der Waals surface area contributed by atoms with Gasteiger partial charge in [0.05, 0.1) is 12.6 Å². The van der Waals surface area contributed by atoms with Gasteiger partial charge in [0.25, 0.3) is 0 Å². The minimum absolute atomic E-state index is 0.000956. The molecule has 11 nitrogen and oxygen atoms in total. The molecule has 4 aromatic rings. The zero-order valence-corrected chi connectivity index (χ0v) is 19.7. The Morgan fingerprint density at radius 2 is 1.91 bits per heavy atom. The first kappa shape index (κ1) is 24.1. The first-order chi connectivity index (χ1) is 16.8. The first-order valence-corrected chi connectivity index (χ1v) is 11.1. The normalized spacial score (nSPS) is 11.1. The van der Waals surface area contributed by atoms with E-state index in [1.165, 1.54) is 16.7 Å². The van der Waals surface area contributed by atoms with Crippen LogP contribution in [0.1, 0.15) is 25.2 Å². The molecule has 0 atom stereocenters. The van der Waals surface area contributed by atoms with E-state index < -0.39 is 17.2 Å². The van der Waals surface area contributed by atoms with Crippen LogP contribution in [0.25, 0.3) is 0 Å². The van der Waals surface area contributed by atoms with Crippen molar-refractivity contribution in [2.75, 3.05) is 5.32 Å². The second-order valence-electron chi connectivity index (χ2n) is 7.88. The number of nitrogens with zero attached hydrogens (tertiary/aromatic N) is 6. The molecule has 13 heteroatoms. The number of aromatic nitrogens is 7. The van der Waals surface area contributed by atoms with Crippen molar-refractivity contribution < 1.29 is 9.13 Å².